The topological polar surface area (TPSA) is 67.5 Å². The molecule has 0 bridgehead atoms. The van der Waals surface area contributed by atoms with E-state index in [9.17, 15) is 10.2 Å². The fourth-order valence-corrected chi connectivity index (χ4v) is 2.38. The van der Waals surface area contributed by atoms with Gasteiger partial charge in [0.25, 0.3) is 0 Å². The quantitative estimate of drug-likeness (QED) is 0.855. The van der Waals surface area contributed by atoms with Crippen LogP contribution in [-0.2, 0) is 7.05 Å². The Hall–Kier alpha value is -1.69. The van der Waals surface area contributed by atoms with Crippen LogP contribution < -0.4 is 4.74 Å². The SMILES string of the molecule is Cc1nn(C)c(Oc2cc(O)c(Cl)cc2Cl)c1/C=C/C(C)(C)O. The first-order valence-electron chi connectivity index (χ1n) is 6.89. The number of aromatic hydroxyl groups is 1. The number of phenolic OH excluding ortho intramolecular Hbond substituents is 1. The molecule has 0 aliphatic heterocycles. The molecule has 7 heteroatoms. The average Bonchev–Trinajstić information content (AvgIpc) is 2.67. The minimum Gasteiger partial charge on any atom is -0.506 e. The van der Waals surface area contributed by atoms with Crippen LogP contribution >= 0.6 is 23.2 Å². The zero-order valence-corrected chi connectivity index (χ0v) is 14.8. The van der Waals surface area contributed by atoms with Crippen molar-refractivity contribution in [1.82, 2.24) is 9.78 Å². The van der Waals surface area contributed by atoms with Gasteiger partial charge in [0.2, 0.25) is 5.88 Å². The second-order valence-corrected chi connectivity index (χ2v) is 6.57. The van der Waals surface area contributed by atoms with E-state index >= 15 is 0 Å². The van der Waals surface area contributed by atoms with Crippen molar-refractivity contribution >= 4 is 29.3 Å². The maximum atomic E-state index is 9.84. The summed E-state index contributed by atoms with van der Waals surface area (Å²) in [5.41, 5.74) is 0.480. The van der Waals surface area contributed by atoms with E-state index in [0.29, 0.717) is 11.4 Å². The highest BCUT2D eigenvalue weighted by Gasteiger charge is 2.17. The molecule has 1 heterocycles. The van der Waals surface area contributed by atoms with E-state index in [1.165, 1.54) is 12.1 Å². The number of aliphatic hydroxyl groups is 1. The third kappa shape index (κ3) is 4.19. The molecule has 0 unspecified atom stereocenters. The van der Waals surface area contributed by atoms with Crippen LogP contribution in [0.15, 0.2) is 18.2 Å². The van der Waals surface area contributed by atoms with E-state index in [4.69, 9.17) is 27.9 Å². The number of halogens is 2. The molecule has 124 valence electrons. The normalized spacial score (nSPS) is 12.1. The van der Waals surface area contributed by atoms with Crippen LogP contribution in [0.1, 0.15) is 25.1 Å². The first-order valence-corrected chi connectivity index (χ1v) is 7.65. The van der Waals surface area contributed by atoms with Gasteiger partial charge in [0.1, 0.15) is 5.75 Å². The van der Waals surface area contributed by atoms with Gasteiger partial charge in [-0.05, 0) is 32.9 Å². The third-order valence-corrected chi connectivity index (χ3v) is 3.68. The van der Waals surface area contributed by atoms with Gasteiger partial charge in [-0.15, -0.1) is 0 Å². The number of phenols is 1. The summed E-state index contributed by atoms with van der Waals surface area (Å²) in [5, 5.41) is 24.3. The van der Waals surface area contributed by atoms with Crippen molar-refractivity contribution in [2.24, 2.45) is 7.05 Å². The number of hydrogen-bond acceptors (Lipinski definition) is 4. The first kappa shape index (κ1) is 17.7. The van der Waals surface area contributed by atoms with Gasteiger partial charge in [0.15, 0.2) is 5.75 Å². The molecule has 2 N–H and O–H groups in total. The maximum absolute atomic E-state index is 9.84. The van der Waals surface area contributed by atoms with Gasteiger partial charge in [-0.1, -0.05) is 29.3 Å². The fraction of sp³-hybridized carbons (Fsp3) is 0.312. The molecule has 1 aromatic heterocycles. The molecule has 0 saturated carbocycles. The molecule has 2 aromatic rings. The second-order valence-electron chi connectivity index (χ2n) is 5.75. The molecule has 0 atom stereocenters. The molecule has 0 saturated heterocycles. The predicted molar refractivity (Wildman–Crippen MR) is 91.5 cm³/mol. The van der Waals surface area contributed by atoms with Crippen molar-refractivity contribution in [2.45, 2.75) is 26.4 Å². The van der Waals surface area contributed by atoms with Crippen molar-refractivity contribution < 1.29 is 14.9 Å². The second kappa shape index (κ2) is 6.43. The minimum absolute atomic E-state index is 0.126. The van der Waals surface area contributed by atoms with E-state index in [-0.39, 0.29) is 21.5 Å². The Morgan fingerprint density at radius 1 is 1.26 bits per heavy atom. The number of aryl methyl sites for hydroxylation is 2. The van der Waals surface area contributed by atoms with Crippen LogP contribution in [0.25, 0.3) is 6.08 Å². The van der Waals surface area contributed by atoms with Crippen LogP contribution in [0, 0.1) is 6.92 Å². The lowest BCUT2D eigenvalue weighted by Gasteiger charge is -2.12. The summed E-state index contributed by atoms with van der Waals surface area (Å²) in [6, 6.07) is 2.75. The Balaban J connectivity index is 2.45. The van der Waals surface area contributed by atoms with Gasteiger partial charge in [0.05, 0.1) is 26.9 Å². The molecular weight excluding hydrogens is 339 g/mol. The van der Waals surface area contributed by atoms with E-state index in [2.05, 4.69) is 5.10 Å². The predicted octanol–water partition coefficient (Wildman–Crippen LogP) is 4.32. The third-order valence-electron chi connectivity index (χ3n) is 3.08. The van der Waals surface area contributed by atoms with Crippen molar-refractivity contribution in [3.05, 3.63) is 39.5 Å². The Kier molecular flexibility index (Phi) is 4.94. The summed E-state index contributed by atoms with van der Waals surface area (Å²) in [4.78, 5) is 0. The highest BCUT2D eigenvalue weighted by atomic mass is 35.5. The first-order chi connectivity index (χ1) is 10.6. The largest absolute Gasteiger partial charge is 0.506 e. The molecule has 0 radical (unpaired) electrons. The van der Waals surface area contributed by atoms with E-state index in [1.54, 1.807) is 37.7 Å². The van der Waals surface area contributed by atoms with Crippen LogP contribution in [-0.4, -0.2) is 25.6 Å². The highest BCUT2D eigenvalue weighted by molar-refractivity contribution is 6.36. The Bertz CT molecular complexity index is 762. The molecule has 0 fully saturated rings. The highest BCUT2D eigenvalue weighted by Crippen LogP contribution is 2.38. The van der Waals surface area contributed by atoms with Crippen LogP contribution in [0.2, 0.25) is 10.0 Å². The molecule has 23 heavy (non-hydrogen) atoms. The standard InChI is InChI=1S/C16H18Cl2N2O3/c1-9-10(5-6-16(2,3)22)15(20(4)19-9)23-14-8-13(21)11(17)7-12(14)18/h5-8,21-22H,1-4H3/b6-5+. The van der Waals surface area contributed by atoms with Gasteiger partial charge < -0.3 is 14.9 Å². The van der Waals surface area contributed by atoms with Gasteiger partial charge in [-0.3, -0.25) is 0 Å². The average molecular weight is 357 g/mol. The molecule has 1 aromatic carbocycles. The monoisotopic (exact) mass is 356 g/mol. The molecule has 5 nitrogen and oxygen atoms in total. The number of aromatic nitrogens is 2. The Morgan fingerprint density at radius 2 is 1.91 bits per heavy atom. The smallest absolute Gasteiger partial charge is 0.225 e. The number of rotatable bonds is 4. The summed E-state index contributed by atoms with van der Waals surface area (Å²) >= 11 is 11.9. The number of ether oxygens (including phenoxy) is 1. The molecule has 0 amide bonds. The van der Waals surface area contributed by atoms with Crippen LogP contribution in [0.4, 0.5) is 0 Å². The minimum atomic E-state index is -0.963. The zero-order chi connectivity index (χ0) is 17.4. The van der Waals surface area contributed by atoms with Crippen molar-refractivity contribution in [3.63, 3.8) is 0 Å². The maximum Gasteiger partial charge on any atom is 0.225 e. The zero-order valence-electron chi connectivity index (χ0n) is 13.3. The fourth-order valence-electron chi connectivity index (χ4n) is 1.95. The lowest BCUT2D eigenvalue weighted by Crippen LogP contribution is -2.13. The van der Waals surface area contributed by atoms with Gasteiger partial charge >= 0.3 is 0 Å². The van der Waals surface area contributed by atoms with Crippen molar-refractivity contribution in [2.75, 3.05) is 0 Å². The Morgan fingerprint density at radius 3 is 2.52 bits per heavy atom. The number of benzene rings is 1. The lowest BCUT2D eigenvalue weighted by atomic mass is 10.1. The van der Waals surface area contributed by atoms with Crippen LogP contribution in [0.3, 0.4) is 0 Å². The molecule has 0 aliphatic carbocycles. The number of nitrogens with zero attached hydrogens (tertiary/aromatic N) is 2. The van der Waals surface area contributed by atoms with E-state index in [0.717, 1.165) is 5.69 Å². The molecular formula is C16H18Cl2N2O3. The number of hydrogen-bond donors (Lipinski definition) is 2. The van der Waals surface area contributed by atoms with Crippen LogP contribution in [0.5, 0.6) is 17.4 Å². The summed E-state index contributed by atoms with van der Waals surface area (Å²) in [7, 11) is 1.73. The summed E-state index contributed by atoms with van der Waals surface area (Å²) in [6.07, 6.45) is 3.38. The van der Waals surface area contributed by atoms with E-state index in [1.807, 2.05) is 6.92 Å². The molecule has 2 rings (SSSR count). The van der Waals surface area contributed by atoms with Crippen molar-refractivity contribution in [1.29, 1.82) is 0 Å². The van der Waals surface area contributed by atoms with Crippen molar-refractivity contribution in [3.8, 4) is 17.4 Å². The van der Waals surface area contributed by atoms with Gasteiger partial charge in [-0.25, -0.2) is 4.68 Å². The lowest BCUT2D eigenvalue weighted by molar-refractivity contribution is 0.134. The summed E-state index contributed by atoms with van der Waals surface area (Å²) in [6.45, 7) is 5.17. The Labute approximate surface area is 144 Å². The molecule has 0 spiro atoms. The van der Waals surface area contributed by atoms with Gasteiger partial charge in [-0.2, -0.15) is 5.10 Å². The molecule has 0 aliphatic rings. The summed E-state index contributed by atoms with van der Waals surface area (Å²) in [5.74, 6) is 0.569. The summed E-state index contributed by atoms with van der Waals surface area (Å²) < 4.78 is 7.37. The van der Waals surface area contributed by atoms with E-state index < -0.39 is 5.60 Å². The van der Waals surface area contributed by atoms with Gasteiger partial charge in [0, 0.05) is 13.1 Å².